The van der Waals surface area contributed by atoms with E-state index in [0.29, 0.717) is 0 Å². The molecule has 5 nitrogen and oxygen atoms in total. The lowest BCUT2D eigenvalue weighted by Gasteiger charge is -2.11. The molecule has 1 aromatic rings. The summed E-state index contributed by atoms with van der Waals surface area (Å²) >= 11 is 0. The van der Waals surface area contributed by atoms with E-state index in [4.69, 9.17) is 0 Å². The van der Waals surface area contributed by atoms with Gasteiger partial charge in [0.1, 0.15) is 20.9 Å². The predicted octanol–water partition coefficient (Wildman–Crippen LogP) is 0.856. The molecular weight excluding hydrogens is 307 g/mol. The van der Waals surface area contributed by atoms with Crippen molar-refractivity contribution in [2.45, 2.75) is 12.2 Å². The molecule has 0 aliphatic carbocycles. The highest BCUT2D eigenvalue weighted by Crippen LogP contribution is 2.12. The van der Waals surface area contributed by atoms with Gasteiger partial charge in [-0.15, -0.1) is 0 Å². The smallest absolute Gasteiger partial charge is 0.180 e. The molecule has 0 saturated carbocycles. The first-order valence-corrected chi connectivity index (χ1v) is 9.49. The lowest BCUT2D eigenvalue weighted by molar-refractivity contribution is 0.0991. The van der Waals surface area contributed by atoms with Crippen molar-refractivity contribution >= 4 is 25.5 Å². The van der Waals surface area contributed by atoms with E-state index in [2.05, 4.69) is 0 Å². The van der Waals surface area contributed by atoms with Gasteiger partial charge >= 0.3 is 0 Å². The number of halogens is 1. The van der Waals surface area contributed by atoms with Crippen LogP contribution in [0.4, 0.5) is 4.39 Å². The number of Topliss-reactive ketones (excluding diaryl/α,β-unsaturated/α-hetero) is 1. The van der Waals surface area contributed by atoms with Crippen LogP contribution >= 0.6 is 0 Å². The van der Waals surface area contributed by atoms with Crippen LogP contribution in [-0.2, 0) is 19.7 Å². The summed E-state index contributed by atoms with van der Waals surface area (Å²) in [6.45, 7) is 1.20. The van der Waals surface area contributed by atoms with Crippen LogP contribution < -0.4 is 0 Å². The molecule has 0 heterocycles. The first-order chi connectivity index (χ1) is 9.03. The lowest BCUT2D eigenvalue weighted by atomic mass is 10.1. The Bertz CT molecular complexity index is 690. The Hall–Kier alpha value is -1.28. The Morgan fingerprint density at radius 2 is 1.60 bits per heavy atom. The third-order valence-corrected chi connectivity index (χ3v) is 6.04. The molecule has 1 rings (SSSR count). The second-order valence-corrected chi connectivity index (χ2v) is 9.21. The number of carbonyl (C=O) groups is 1. The van der Waals surface area contributed by atoms with Gasteiger partial charge in [0.2, 0.25) is 0 Å². The molecule has 0 bridgehead atoms. The summed E-state index contributed by atoms with van der Waals surface area (Å²) in [5.41, 5.74) is 0.0711. The monoisotopic (exact) mass is 322 g/mol. The van der Waals surface area contributed by atoms with Crippen LogP contribution in [0.2, 0.25) is 0 Å². The summed E-state index contributed by atoms with van der Waals surface area (Å²) in [5.74, 6) is -2.36. The van der Waals surface area contributed by atoms with Gasteiger partial charge in [0.05, 0.1) is 11.5 Å². The predicted molar refractivity (Wildman–Crippen MR) is 73.7 cm³/mol. The van der Waals surface area contributed by atoms with E-state index in [9.17, 15) is 26.0 Å². The molecule has 0 aliphatic rings. The van der Waals surface area contributed by atoms with Crippen molar-refractivity contribution in [1.29, 1.82) is 0 Å². The van der Waals surface area contributed by atoms with Gasteiger partial charge in [-0.2, -0.15) is 0 Å². The molecule has 20 heavy (non-hydrogen) atoms. The fourth-order valence-corrected chi connectivity index (χ4v) is 4.41. The van der Waals surface area contributed by atoms with Crippen molar-refractivity contribution in [1.82, 2.24) is 0 Å². The molecule has 0 saturated heterocycles. The van der Waals surface area contributed by atoms with Crippen LogP contribution in [-0.4, -0.2) is 45.6 Å². The molecule has 0 amide bonds. The average Bonchev–Trinajstić information content (AvgIpc) is 2.35. The van der Waals surface area contributed by atoms with Gasteiger partial charge < -0.3 is 0 Å². The standard InChI is InChI=1S/C12H15FO5S2/c1-9(20(17,18)8-7-19(2,15)16)12(14)10-3-5-11(13)6-4-10/h3-6,9H,7-8H2,1-2H3. The van der Waals surface area contributed by atoms with Crippen molar-refractivity contribution in [2.24, 2.45) is 0 Å². The molecule has 1 aromatic carbocycles. The van der Waals surface area contributed by atoms with Crippen LogP contribution in [0.5, 0.6) is 0 Å². The lowest BCUT2D eigenvalue weighted by Crippen LogP contribution is -2.31. The van der Waals surface area contributed by atoms with Crippen LogP contribution in [0.25, 0.3) is 0 Å². The van der Waals surface area contributed by atoms with E-state index in [1.807, 2.05) is 0 Å². The van der Waals surface area contributed by atoms with E-state index in [1.165, 1.54) is 19.1 Å². The quantitative estimate of drug-likeness (QED) is 0.725. The minimum atomic E-state index is -3.87. The number of carbonyl (C=O) groups excluding carboxylic acids is 1. The van der Waals surface area contributed by atoms with Gasteiger partial charge in [-0.1, -0.05) is 0 Å². The van der Waals surface area contributed by atoms with Crippen molar-refractivity contribution < 1.29 is 26.0 Å². The van der Waals surface area contributed by atoms with E-state index < -0.39 is 48.0 Å². The molecule has 0 aliphatic heterocycles. The van der Waals surface area contributed by atoms with Crippen LogP contribution in [0, 0.1) is 5.82 Å². The molecule has 0 fully saturated rings. The largest absolute Gasteiger partial charge is 0.293 e. The second kappa shape index (κ2) is 6.01. The normalized spacial score (nSPS) is 13.9. The number of sulfone groups is 2. The maximum Gasteiger partial charge on any atom is 0.180 e. The van der Waals surface area contributed by atoms with Gasteiger partial charge in [0, 0.05) is 11.8 Å². The van der Waals surface area contributed by atoms with Crippen LogP contribution in [0.15, 0.2) is 24.3 Å². The zero-order chi connectivity index (χ0) is 15.6. The van der Waals surface area contributed by atoms with Crippen molar-refractivity contribution in [3.05, 3.63) is 35.6 Å². The number of benzene rings is 1. The maximum absolute atomic E-state index is 12.7. The van der Waals surface area contributed by atoms with E-state index in [0.717, 1.165) is 18.4 Å². The topological polar surface area (TPSA) is 85.3 Å². The summed E-state index contributed by atoms with van der Waals surface area (Å²) in [5, 5.41) is -1.37. The molecule has 1 atom stereocenters. The Morgan fingerprint density at radius 1 is 1.10 bits per heavy atom. The van der Waals surface area contributed by atoms with Gasteiger partial charge in [-0.05, 0) is 31.2 Å². The number of hydrogen-bond donors (Lipinski definition) is 0. The Morgan fingerprint density at radius 3 is 2.05 bits per heavy atom. The van der Waals surface area contributed by atoms with Gasteiger partial charge in [-0.3, -0.25) is 4.79 Å². The van der Waals surface area contributed by atoms with Gasteiger partial charge in [0.15, 0.2) is 15.6 Å². The number of rotatable bonds is 6. The SMILES string of the molecule is CC(C(=O)c1ccc(F)cc1)S(=O)(=O)CCS(C)(=O)=O. The fraction of sp³-hybridized carbons (Fsp3) is 0.417. The van der Waals surface area contributed by atoms with Gasteiger partial charge in [-0.25, -0.2) is 21.2 Å². The first kappa shape index (κ1) is 16.8. The van der Waals surface area contributed by atoms with Crippen LogP contribution in [0.3, 0.4) is 0 Å². The Labute approximate surface area is 117 Å². The first-order valence-electron chi connectivity index (χ1n) is 5.72. The molecule has 0 N–H and O–H groups in total. The zero-order valence-corrected chi connectivity index (χ0v) is 12.7. The summed E-state index contributed by atoms with van der Waals surface area (Å²) in [6.07, 6.45) is 0.926. The number of hydrogen-bond acceptors (Lipinski definition) is 5. The van der Waals surface area contributed by atoms with Gasteiger partial charge in [0.25, 0.3) is 0 Å². The zero-order valence-electron chi connectivity index (χ0n) is 11.0. The molecule has 8 heteroatoms. The minimum absolute atomic E-state index is 0.0711. The summed E-state index contributed by atoms with van der Waals surface area (Å²) in [4.78, 5) is 12.0. The van der Waals surface area contributed by atoms with Crippen molar-refractivity contribution in [2.75, 3.05) is 17.8 Å². The average molecular weight is 322 g/mol. The second-order valence-electron chi connectivity index (χ2n) is 4.51. The third-order valence-electron chi connectivity index (χ3n) is 2.78. The summed E-state index contributed by atoms with van der Waals surface area (Å²) < 4.78 is 58.5. The molecular formula is C12H15FO5S2. The van der Waals surface area contributed by atoms with E-state index >= 15 is 0 Å². The van der Waals surface area contributed by atoms with E-state index in [-0.39, 0.29) is 5.56 Å². The molecule has 0 radical (unpaired) electrons. The fourth-order valence-electron chi connectivity index (χ4n) is 1.46. The van der Waals surface area contributed by atoms with Crippen molar-refractivity contribution in [3.63, 3.8) is 0 Å². The highest BCUT2D eigenvalue weighted by molar-refractivity contribution is 7.95. The molecule has 112 valence electrons. The summed E-state index contributed by atoms with van der Waals surface area (Å²) in [7, 11) is -7.30. The van der Waals surface area contributed by atoms with E-state index in [1.54, 1.807) is 0 Å². The highest BCUT2D eigenvalue weighted by Gasteiger charge is 2.29. The molecule has 0 aromatic heterocycles. The molecule has 1 unspecified atom stereocenters. The Kier molecular flexibility index (Phi) is 5.04. The van der Waals surface area contributed by atoms with Crippen LogP contribution in [0.1, 0.15) is 17.3 Å². The number of ketones is 1. The highest BCUT2D eigenvalue weighted by atomic mass is 32.2. The summed E-state index contributed by atoms with van der Waals surface area (Å²) in [6, 6.07) is 4.51. The Balaban J connectivity index is 2.90. The maximum atomic E-state index is 12.7. The minimum Gasteiger partial charge on any atom is -0.293 e. The molecule has 0 spiro atoms. The third kappa shape index (κ3) is 4.68. The van der Waals surface area contributed by atoms with Crippen molar-refractivity contribution in [3.8, 4) is 0 Å².